The molecule has 0 aromatic heterocycles. The number of hydrogen-bond acceptors (Lipinski definition) is 2. The van der Waals surface area contributed by atoms with Crippen molar-refractivity contribution >= 4 is 12.6 Å². The van der Waals surface area contributed by atoms with Crippen molar-refractivity contribution in [3.8, 4) is 5.75 Å². The topological polar surface area (TPSA) is 18.5 Å². The molecule has 0 amide bonds. The molecule has 0 unspecified atom stereocenters. The van der Waals surface area contributed by atoms with Crippen molar-refractivity contribution in [3.05, 3.63) is 60.2 Å². The van der Waals surface area contributed by atoms with Crippen LogP contribution in [-0.2, 0) is 11.3 Å². The number of hydrogen-bond donors (Lipinski definition) is 0. The van der Waals surface area contributed by atoms with Gasteiger partial charge in [0, 0.05) is 5.56 Å². The van der Waals surface area contributed by atoms with Crippen molar-refractivity contribution in [1.82, 2.24) is 0 Å². The molecular formula is C13H11BO2. The molecule has 0 saturated carbocycles. The lowest BCUT2D eigenvalue weighted by Gasteiger charge is -2.23. The number of rotatable bonds is 1. The van der Waals surface area contributed by atoms with Gasteiger partial charge >= 0.3 is 7.12 Å². The first-order valence-electron chi connectivity index (χ1n) is 5.34. The summed E-state index contributed by atoms with van der Waals surface area (Å²) in [4.78, 5) is 0. The van der Waals surface area contributed by atoms with E-state index in [9.17, 15) is 0 Å². The van der Waals surface area contributed by atoms with Crippen LogP contribution in [0.4, 0.5) is 0 Å². The largest absolute Gasteiger partial charge is 0.563 e. The van der Waals surface area contributed by atoms with Crippen LogP contribution in [0, 0.1) is 0 Å². The molecule has 2 nitrogen and oxygen atoms in total. The number of para-hydroxylation sites is 1. The normalized spacial score (nSPS) is 14.1. The third-order valence-electron chi connectivity index (χ3n) is 2.67. The van der Waals surface area contributed by atoms with E-state index in [1.807, 2.05) is 54.6 Å². The van der Waals surface area contributed by atoms with Gasteiger partial charge in [0.25, 0.3) is 0 Å². The Hall–Kier alpha value is -1.74. The summed E-state index contributed by atoms with van der Waals surface area (Å²) in [5, 5.41) is 0. The van der Waals surface area contributed by atoms with Gasteiger partial charge in [0.05, 0.1) is 6.61 Å². The van der Waals surface area contributed by atoms with E-state index in [-0.39, 0.29) is 7.12 Å². The Balaban J connectivity index is 1.89. The van der Waals surface area contributed by atoms with Crippen LogP contribution < -0.4 is 10.1 Å². The lowest BCUT2D eigenvalue weighted by atomic mass is 9.78. The molecule has 0 saturated heterocycles. The van der Waals surface area contributed by atoms with Crippen molar-refractivity contribution in [2.24, 2.45) is 0 Å². The smallest absolute Gasteiger partial charge is 0.532 e. The van der Waals surface area contributed by atoms with Gasteiger partial charge in [-0.2, -0.15) is 0 Å². The summed E-state index contributed by atoms with van der Waals surface area (Å²) >= 11 is 0. The summed E-state index contributed by atoms with van der Waals surface area (Å²) in [6.45, 7) is 0.607. The van der Waals surface area contributed by atoms with E-state index in [4.69, 9.17) is 9.31 Å². The molecule has 0 fully saturated rings. The van der Waals surface area contributed by atoms with E-state index in [0.29, 0.717) is 6.61 Å². The van der Waals surface area contributed by atoms with Crippen LogP contribution in [0.1, 0.15) is 5.56 Å². The molecule has 0 N–H and O–H groups in total. The Morgan fingerprint density at radius 3 is 2.50 bits per heavy atom. The molecular weight excluding hydrogens is 199 g/mol. The quantitative estimate of drug-likeness (QED) is 0.670. The van der Waals surface area contributed by atoms with Crippen molar-refractivity contribution in [2.45, 2.75) is 6.61 Å². The second kappa shape index (κ2) is 4.03. The molecule has 0 spiro atoms. The SMILES string of the molecule is c1ccc(B2OCc3ccccc3O2)cc1. The fourth-order valence-corrected chi connectivity index (χ4v) is 1.83. The molecule has 1 aliphatic rings. The Morgan fingerprint density at radius 1 is 0.875 bits per heavy atom. The minimum atomic E-state index is -0.281. The van der Waals surface area contributed by atoms with Gasteiger partial charge in [0.15, 0.2) is 0 Å². The van der Waals surface area contributed by atoms with Gasteiger partial charge in [-0.05, 0) is 11.5 Å². The van der Waals surface area contributed by atoms with Crippen molar-refractivity contribution in [2.75, 3.05) is 0 Å². The van der Waals surface area contributed by atoms with Crippen LogP contribution in [-0.4, -0.2) is 7.12 Å². The van der Waals surface area contributed by atoms with Crippen LogP contribution in [0.15, 0.2) is 54.6 Å². The van der Waals surface area contributed by atoms with Gasteiger partial charge in [0.2, 0.25) is 0 Å². The Bertz CT molecular complexity index is 484. The minimum Gasteiger partial charge on any atom is -0.532 e. The van der Waals surface area contributed by atoms with Crippen LogP contribution in [0.25, 0.3) is 0 Å². The molecule has 0 radical (unpaired) electrons. The van der Waals surface area contributed by atoms with Crippen molar-refractivity contribution in [3.63, 3.8) is 0 Å². The predicted octanol–water partition coefficient (Wildman–Crippen LogP) is 1.99. The van der Waals surface area contributed by atoms with Gasteiger partial charge in [-0.3, -0.25) is 0 Å². The molecule has 3 rings (SSSR count). The third kappa shape index (κ3) is 1.70. The van der Waals surface area contributed by atoms with E-state index in [2.05, 4.69) is 0 Å². The molecule has 2 aromatic carbocycles. The summed E-state index contributed by atoms with van der Waals surface area (Å²) < 4.78 is 11.5. The second-order valence-electron chi connectivity index (χ2n) is 3.78. The highest BCUT2D eigenvalue weighted by atomic mass is 16.6. The second-order valence-corrected chi connectivity index (χ2v) is 3.78. The average Bonchev–Trinajstić information content (AvgIpc) is 2.39. The van der Waals surface area contributed by atoms with Gasteiger partial charge in [-0.25, -0.2) is 0 Å². The summed E-state index contributed by atoms with van der Waals surface area (Å²) in [6, 6.07) is 18.0. The molecule has 78 valence electrons. The van der Waals surface area contributed by atoms with E-state index < -0.39 is 0 Å². The van der Waals surface area contributed by atoms with Crippen LogP contribution >= 0.6 is 0 Å². The molecule has 3 heteroatoms. The zero-order chi connectivity index (χ0) is 10.8. The standard InChI is InChI=1S/C13H11BO2/c1-2-7-12(8-3-1)14-15-10-11-6-4-5-9-13(11)16-14/h1-9H,10H2. The highest BCUT2D eigenvalue weighted by Gasteiger charge is 2.28. The zero-order valence-corrected chi connectivity index (χ0v) is 8.80. The third-order valence-corrected chi connectivity index (χ3v) is 2.67. The summed E-state index contributed by atoms with van der Waals surface area (Å²) in [5.41, 5.74) is 2.16. The van der Waals surface area contributed by atoms with Gasteiger partial charge < -0.3 is 9.31 Å². The molecule has 2 aromatic rings. The molecule has 0 atom stereocenters. The maximum Gasteiger partial charge on any atom is 0.563 e. The van der Waals surface area contributed by atoms with E-state index in [1.165, 1.54) is 0 Å². The predicted molar refractivity (Wildman–Crippen MR) is 63.7 cm³/mol. The van der Waals surface area contributed by atoms with Crippen LogP contribution in [0.3, 0.4) is 0 Å². The summed E-state index contributed by atoms with van der Waals surface area (Å²) in [5.74, 6) is 0.919. The molecule has 0 aliphatic carbocycles. The molecule has 0 bridgehead atoms. The number of fused-ring (bicyclic) bond motifs is 1. The Labute approximate surface area is 95.0 Å². The summed E-state index contributed by atoms with van der Waals surface area (Å²) in [6.07, 6.45) is 0. The Morgan fingerprint density at radius 2 is 1.62 bits per heavy atom. The molecule has 16 heavy (non-hydrogen) atoms. The molecule has 1 heterocycles. The summed E-state index contributed by atoms with van der Waals surface area (Å²) in [7, 11) is -0.281. The van der Waals surface area contributed by atoms with Crippen LogP contribution in [0.5, 0.6) is 5.75 Å². The fourth-order valence-electron chi connectivity index (χ4n) is 1.83. The lowest BCUT2D eigenvalue weighted by molar-refractivity contribution is 0.238. The average molecular weight is 210 g/mol. The number of benzene rings is 2. The highest BCUT2D eigenvalue weighted by molar-refractivity contribution is 6.62. The van der Waals surface area contributed by atoms with Gasteiger partial charge in [-0.1, -0.05) is 48.5 Å². The van der Waals surface area contributed by atoms with E-state index in [1.54, 1.807) is 0 Å². The maximum absolute atomic E-state index is 5.80. The first-order chi connectivity index (χ1) is 7.93. The van der Waals surface area contributed by atoms with Crippen LogP contribution in [0.2, 0.25) is 0 Å². The maximum atomic E-state index is 5.80. The fraction of sp³-hybridized carbons (Fsp3) is 0.0769. The van der Waals surface area contributed by atoms with E-state index in [0.717, 1.165) is 16.8 Å². The minimum absolute atomic E-state index is 0.281. The zero-order valence-electron chi connectivity index (χ0n) is 8.80. The van der Waals surface area contributed by atoms with Gasteiger partial charge in [0.1, 0.15) is 5.75 Å². The lowest BCUT2D eigenvalue weighted by Crippen LogP contribution is -2.42. The van der Waals surface area contributed by atoms with E-state index >= 15 is 0 Å². The highest BCUT2D eigenvalue weighted by Crippen LogP contribution is 2.23. The van der Waals surface area contributed by atoms with Gasteiger partial charge in [-0.15, -0.1) is 0 Å². The molecule has 1 aliphatic heterocycles. The first kappa shape index (κ1) is 9.49. The van der Waals surface area contributed by atoms with Crippen molar-refractivity contribution < 1.29 is 9.31 Å². The Kier molecular flexibility index (Phi) is 2.39. The monoisotopic (exact) mass is 210 g/mol. The van der Waals surface area contributed by atoms with Crippen molar-refractivity contribution in [1.29, 1.82) is 0 Å². The first-order valence-corrected chi connectivity index (χ1v) is 5.34.